The van der Waals surface area contributed by atoms with E-state index in [4.69, 9.17) is 5.11 Å². The minimum atomic E-state index is -0.677. The molecule has 82 valence electrons. The maximum atomic E-state index is 10.2. The predicted octanol–water partition coefficient (Wildman–Crippen LogP) is 3.58. The van der Waals surface area contributed by atoms with Gasteiger partial charge in [-0.3, -0.25) is 4.79 Å². The Morgan fingerprint density at radius 1 is 1.07 bits per heavy atom. The summed E-state index contributed by atoms with van der Waals surface area (Å²) in [6.45, 7) is 3.72. The Bertz CT molecular complexity index is 162. The molecule has 0 radical (unpaired) electrons. The van der Waals surface area contributed by atoms with Crippen molar-refractivity contribution in [3.63, 3.8) is 0 Å². The first-order chi connectivity index (χ1) is 6.77. The molecule has 0 amide bonds. The van der Waals surface area contributed by atoms with Crippen molar-refractivity contribution >= 4 is 5.97 Å². The quantitative estimate of drug-likeness (QED) is 0.348. The largest absolute Gasteiger partial charge is 0.481 e. The number of allylic oxidation sites excluding steroid dienone is 2. The SMILES string of the molecule is [CH2-]C/C=C\CCCCCCCC(=O)O. The van der Waals surface area contributed by atoms with Crippen molar-refractivity contribution in [3.05, 3.63) is 19.1 Å². The summed E-state index contributed by atoms with van der Waals surface area (Å²) in [5, 5.41) is 8.40. The normalized spacial score (nSPS) is 10.9. The molecule has 0 rings (SSSR count). The highest BCUT2D eigenvalue weighted by molar-refractivity contribution is 5.66. The van der Waals surface area contributed by atoms with Crippen LogP contribution in [0.3, 0.4) is 0 Å². The molecule has 0 fully saturated rings. The summed E-state index contributed by atoms with van der Waals surface area (Å²) < 4.78 is 0. The van der Waals surface area contributed by atoms with Gasteiger partial charge in [-0.1, -0.05) is 25.3 Å². The second kappa shape index (κ2) is 10.3. The van der Waals surface area contributed by atoms with E-state index in [0.717, 1.165) is 32.1 Å². The molecule has 0 aromatic carbocycles. The number of carboxylic acids is 1. The fourth-order valence-electron chi connectivity index (χ4n) is 1.30. The number of unbranched alkanes of at least 4 members (excludes halogenated alkanes) is 5. The Morgan fingerprint density at radius 2 is 1.71 bits per heavy atom. The van der Waals surface area contributed by atoms with Gasteiger partial charge < -0.3 is 12.0 Å². The Labute approximate surface area is 87.0 Å². The van der Waals surface area contributed by atoms with Gasteiger partial charge in [-0.25, -0.2) is 0 Å². The molecule has 0 unspecified atom stereocenters. The minimum Gasteiger partial charge on any atom is -0.481 e. The Hall–Kier alpha value is -0.790. The van der Waals surface area contributed by atoms with E-state index in [2.05, 4.69) is 19.1 Å². The molecule has 0 aromatic heterocycles. The lowest BCUT2D eigenvalue weighted by molar-refractivity contribution is -0.137. The molecule has 14 heavy (non-hydrogen) atoms. The molecule has 2 nitrogen and oxygen atoms in total. The summed E-state index contributed by atoms with van der Waals surface area (Å²) in [6, 6.07) is 0. The third-order valence-corrected chi connectivity index (χ3v) is 2.09. The van der Waals surface area contributed by atoms with Crippen LogP contribution in [-0.2, 0) is 4.79 Å². The van der Waals surface area contributed by atoms with Crippen LogP contribution in [0, 0.1) is 6.92 Å². The first-order valence-corrected chi connectivity index (χ1v) is 5.43. The molecule has 0 aliphatic carbocycles. The number of carboxylic acid groups (broad SMARTS) is 1. The van der Waals surface area contributed by atoms with E-state index in [1.165, 1.54) is 12.8 Å². The fourth-order valence-corrected chi connectivity index (χ4v) is 1.30. The molecular weight excluding hydrogens is 176 g/mol. The van der Waals surface area contributed by atoms with Crippen LogP contribution in [0.15, 0.2) is 12.2 Å². The van der Waals surface area contributed by atoms with Gasteiger partial charge in [0.2, 0.25) is 0 Å². The molecule has 0 bridgehead atoms. The zero-order chi connectivity index (χ0) is 10.6. The van der Waals surface area contributed by atoms with Gasteiger partial charge in [0.1, 0.15) is 0 Å². The van der Waals surface area contributed by atoms with Crippen LogP contribution in [0.1, 0.15) is 51.4 Å². The molecule has 2 heteroatoms. The van der Waals surface area contributed by atoms with Crippen LogP contribution >= 0.6 is 0 Å². The van der Waals surface area contributed by atoms with Crippen LogP contribution in [0.25, 0.3) is 0 Å². The van der Waals surface area contributed by atoms with E-state index >= 15 is 0 Å². The molecule has 0 aliphatic rings. The lowest BCUT2D eigenvalue weighted by atomic mass is 10.1. The maximum Gasteiger partial charge on any atom is 0.303 e. The summed E-state index contributed by atoms with van der Waals surface area (Å²) in [7, 11) is 0. The standard InChI is InChI=1S/C12H21O2/c1-2-3-4-5-6-7-8-9-10-11-12(13)14/h3-4H,1-2,5-11H2,(H,13,14)/q-1/b4-3-. The van der Waals surface area contributed by atoms with Gasteiger partial charge in [0.15, 0.2) is 0 Å². The van der Waals surface area contributed by atoms with Gasteiger partial charge in [-0.15, -0.1) is 6.08 Å². The molecular formula is C12H21O2-. The highest BCUT2D eigenvalue weighted by Crippen LogP contribution is 2.07. The summed E-state index contributed by atoms with van der Waals surface area (Å²) in [5.74, 6) is -0.677. The van der Waals surface area contributed by atoms with E-state index in [9.17, 15) is 4.79 Å². The van der Waals surface area contributed by atoms with Gasteiger partial charge in [0, 0.05) is 6.42 Å². The third kappa shape index (κ3) is 11.2. The summed E-state index contributed by atoms with van der Waals surface area (Å²) in [4.78, 5) is 10.2. The van der Waals surface area contributed by atoms with Crippen molar-refractivity contribution in [2.75, 3.05) is 0 Å². The smallest absolute Gasteiger partial charge is 0.303 e. The molecule has 0 spiro atoms. The second-order valence-electron chi connectivity index (χ2n) is 3.46. The lowest BCUT2D eigenvalue weighted by Gasteiger charge is -1.98. The third-order valence-electron chi connectivity index (χ3n) is 2.09. The molecule has 0 aromatic rings. The number of rotatable bonds is 9. The summed E-state index contributed by atoms with van der Waals surface area (Å²) >= 11 is 0. The average molecular weight is 197 g/mol. The van der Waals surface area contributed by atoms with Crippen molar-refractivity contribution in [2.45, 2.75) is 51.4 Å². The molecule has 0 heterocycles. The highest BCUT2D eigenvalue weighted by atomic mass is 16.4. The monoisotopic (exact) mass is 197 g/mol. The number of hydrogen-bond donors (Lipinski definition) is 1. The van der Waals surface area contributed by atoms with Gasteiger partial charge in [0.25, 0.3) is 0 Å². The Morgan fingerprint density at radius 3 is 2.36 bits per heavy atom. The van der Waals surface area contributed by atoms with Crippen LogP contribution < -0.4 is 0 Å². The number of hydrogen-bond acceptors (Lipinski definition) is 1. The van der Waals surface area contributed by atoms with Crippen molar-refractivity contribution in [3.8, 4) is 0 Å². The van der Waals surface area contributed by atoms with Crippen LogP contribution in [0.2, 0.25) is 0 Å². The zero-order valence-corrected chi connectivity index (χ0v) is 8.87. The first-order valence-electron chi connectivity index (χ1n) is 5.43. The van der Waals surface area contributed by atoms with E-state index in [1.54, 1.807) is 0 Å². The molecule has 1 N–H and O–H groups in total. The van der Waals surface area contributed by atoms with Crippen molar-refractivity contribution in [1.82, 2.24) is 0 Å². The fraction of sp³-hybridized carbons (Fsp3) is 0.667. The molecule has 0 saturated carbocycles. The van der Waals surface area contributed by atoms with Crippen LogP contribution in [0.5, 0.6) is 0 Å². The molecule has 0 atom stereocenters. The van der Waals surface area contributed by atoms with Gasteiger partial charge in [-0.05, 0) is 19.3 Å². The van der Waals surface area contributed by atoms with E-state index in [0.29, 0.717) is 6.42 Å². The predicted molar refractivity (Wildman–Crippen MR) is 59.1 cm³/mol. The Balaban J connectivity index is 2.99. The molecule has 0 aliphatic heterocycles. The van der Waals surface area contributed by atoms with Gasteiger partial charge >= 0.3 is 5.97 Å². The summed E-state index contributed by atoms with van der Waals surface area (Å²) in [6.07, 6.45) is 12.0. The van der Waals surface area contributed by atoms with Crippen molar-refractivity contribution in [1.29, 1.82) is 0 Å². The van der Waals surface area contributed by atoms with Gasteiger partial charge in [-0.2, -0.15) is 6.42 Å². The number of carbonyl (C=O) groups is 1. The van der Waals surface area contributed by atoms with Gasteiger partial charge in [0.05, 0.1) is 0 Å². The van der Waals surface area contributed by atoms with E-state index in [1.807, 2.05) is 0 Å². The van der Waals surface area contributed by atoms with E-state index < -0.39 is 5.97 Å². The van der Waals surface area contributed by atoms with Crippen LogP contribution in [0.4, 0.5) is 0 Å². The van der Waals surface area contributed by atoms with Crippen LogP contribution in [-0.4, -0.2) is 11.1 Å². The number of aliphatic carboxylic acids is 1. The first kappa shape index (κ1) is 13.2. The molecule has 0 saturated heterocycles. The zero-order valence-electron chi connectivity index (χ0n) is 8.87. The van der Waals surface area contributed by atoms with E-state index in [-0.39, 0.29) is 0 Å². The maximum absolute atomic E-state index is 10.2. The highest BCUT2D eigenvalue weighted by Gasteiger charge is 1.95. The second-order valence-corrected chi connectivity index (χ2v) is 3.46. The topological polar surface area (TPSA) is 37.3 Å². The average Bonchev–Trinajstić information content (AvgIpc) is 2.15. The lowest BCUT2D eigenvalue weighted by Crippen LogP contribution is -1.93. The Kier molecular flexibility index (Phi) is 9.71. The minimum absolute atomic E-state index is 0.321. The van der Waals surface area contributed by atoms with Crippen molar-refractivity contribution < 1.29 is 9.90 Å². The van der Waals surface area contributed by atoms with Crippen molar-refractivity contribution in [2.24, 2.45) is 0 Å². The summed E-state index contributed by atoms with van der Waals surface area (Å²) in [5.41, 5.74) is 0.